The highest BCUT2D eigenvalue weighted by Crippen LogP contribution is 1.97. The van der Waals surface area contributed by atoms with Gasteiger partial charge in [0.1, 0.15) is 0 Å². The first kappa shape index (κ1) is 15.2. The Bertz CT molecular complexity index is 602. The molecule has 0 aliphatic carbocycles. The summed E-state index contributed by atoms with van der Waals surface area (Å²) in [6.07, 6.45) is 2.94. The molecular weight excluding hydrogens is 284 g/mol. The fraction of sp³-hybridized carbons (Fsp3) is 0.0667. The van der Waals surface area contributed by atoms with Crippen LogP contribution >= 0.6 is 0 Å². The summed E-state index contributed by atoms with van der Waals surface area (Å²) in [5, 5.41) is 2.45. The van der Waals surface area contributed by atoms with E-state index in [1.807, 2.05) is 0 Å². The first-order chi connectivity index (χ1) is 10.7. The van der Waals surface area contributed by atoms with Gasteiger partial charge in [0.15, 0.2) is 0 Å². The topological polar surface area (TPSA) is 100 Å². The van der Waals surface area contributed by atoms with Gasteiger partial charge in [0.2, 0.25) is 0 Å². The van der Waals surface area contributed by atoms with Crippen LogP contribution in [0.25, 0.3) is 0 Å². The molecule has 2 aromatic rings. The molecule has 0 bridgehead atoms. The van der Waals surface area contributed by atoms with E-state index in [9.17, 15) is 14.4 Å². The fourth-order valence-corrected chi connectivity index (χ4v) is 1.60. The van der Waals surface area contributed by atoms with Crippen molar-refractivity contribution in [3.63, 3.8) is 0 Å². The molecule has 2 rings (SSSR count). The second-order valence-corrected chi connectivity index (χ2v) is 4.29. The molecule has 0 atom stereocenters. The molecule has 0 saturated heterocycles. The molecule has 3 N–H and O–H groups in total. The van der Waals surface area contributed by atoms with E-state index < -0.39 is 11.8 Å². The zero-order valence-corrected chi connectivity index (χ0v) is 11.6. The maximum absolute atomic E-state index is 11.7. The summed E-state index contributed by atoms with van der Waals surface area (Å²) < 4.78 is 0. The smallest absolute Gasteiger partial charge is 0.269 e. The van der Waals surface area contributed by atoms with E-state index in [-0.39, 0.29) is 12.5 Å². The Labute approximate surface area is 126 Å². The van der Waals surface area contributed by atoms with Crippen LogP contribution in [0.3, 0.4) is 0 Å². The Morgan fingerprint density at radius 2 is 1.45 bits per heavy atom. The Hall–Kier alpha value is -3.22. The number of benzene rings is 1. The predicted octanol–water partition coefficient (Wildman–Crippen LogP) is 0.273. The van der Waals surface area contributed by atoms with Gasteiger partial charge in [0, 0.05) is 23.5 Å². The van der Waals surface area contributed by atoms with Gasteiger partial charge in [-0.3, -0.25) is 30.2 Å². The molecule has 7 nitrogen and oxygen atoms in total. The monoisotopic (exact) mass is 298 g/mol. The maximum atomic E-state index is 11.7. The van der Waals surface area contributed by atoms with Crippen molar-refractivity contribution in [2.75, 3.05) is 6.54 Å². The number of nitrogens with one attached hydrogen (secondary N) is 3. The number of pyridine rings is 1. The third-order valence-electron chi connectivity index (χ3n) is 2.70. The SMILES string of the molecule is O=C(CNC(=O)c1ccccc1)NNC(=O)c1ccncc1. The molecule has 1 aromatic carbocycles. The predicted molar refractivity (Wildman–Crippen MR) is 78.6 cm³/mol. The maximum Gasteiger partial charge on any atom is 0.269 e. The van der Waals surface area contributed by atoms with Crippen molar-refractivity contribution in [1.82, 2.24) is 21.2 Å². The fourth-order valence-electron chi connectivity index (χ4n) is 1.60. The average Bonchev–Trinajstić information content (AvgIpc) is 2.59. The van der Waals surface area contributed by atoms with Gasteiger partial charge in [0.25, 0.3) is 17.7 Å². The Morgan fingerprint density at radius 1 is 0.818 bits per heavy atom. The lowest BCUT2D eigenvalue weighted by atomic mass is 10.2. The van der Waals surface area contributed by atoms with Crippen LogP contribution < -0.4 is 16.2 Å². The van der Waals surface area contributed by atoms with Gasteiger partial charge in [-0.25, -0.2) is 0 Å². The van der Waals surface area contributed by atoms with Crippen molar-refractivity contribution in [2.45, 2.75) is 0 Å². The number of amides is 3. The highest BCUT2D eigenvalue weighted by molar-refractivity contribution is 5.97. The summed E-state index contributed by atoms with van der Waals surface area (Å²) in [5.41, 5.74) is 5.28. The normalized spacial score (nSPS) is 9.64. The molecule has 0 fully saturated rings. The van der Waals surface area contributed by atoms with E-state index in [1.165, 1.54) is 24.5 Å². The first-order valence-electron chi connectivity index (χ1n) is 6.49. The molecule has 0 radical (unpaired) electrons. The van der Waals surface area contributed by atoms with Crippen molar-refractivity contribution in [3.05, 3.63) is 66.0 Å². The lowest BCUT2D eigenvalue weighted by molar-refractivity contribution is -0.120. The number of carbonyl (C=O) groups excluding carboxylic acids is 3. The van der Waals surface area contributed by atoms with Crippen LogP contribution in [-0.2, 0) is 4.79 Å². The Morgan fingerprint density at radius 3 is 2.14 bits per heavy atom. The van der Waals surface area contributed by atoms with Gasteiger partial charge in [-0.15, -0.1) is 0 Å². The van der Waals surface area contributed by atoms with Gasteiger partial charge >= 0.3 is 0 Å². The highest BCUT2D eigenvalue weighted by atomic mass is 16.2. The molecule has 0 aliphatic heterocycles. The highest BCUT2D eigenvalue weighted by Gasteiger charge is 2.09. The van der Waals surface area contributed by atoms with Crippen molar-refractivity contribution in [2.24, 2.45) is 0 Å². The summed E-state index contributed by atoms with van der Waals surface area (Å²) in [6.45, 7) is -0.246. The van der Waals surface area contributed by atoms with Crippen LogP contribution in [0.4, 0.5) is 0 Å². The van der Waals surface area contributed by atoms with Crippen molar-refractivity contribution in [1.29, 1.82) is 0 Å². The van der Waals surface area contributed by atoms with Gasteiger partial charge < -0.3 is 5.32 Å². The molecule has 0 aliphatic rings. The van der Waals surface area contributed by atoms with Crippen LogP contribution in [0.15, 0.2) is 54.9 Å². The van der Waals surface area contributed by atoms with Crippen LogP contribution in [0.2, 0.25) is 0 Å². The van der Waals surface area contributed by atoms with Crippen molar-refractivity contribution < 1.29 is 14.4 Å². The number of carbonyl (C=O) groups is 3. The van der Waals surface area contributed by atoms with Crippen molar-refractivity contribution in [3.8, 4) is 0 Å². The summed E-state index contributed by atoms with van der Waals surface area (Å²) in [5.74, 6) is -1.37. The van der Waals surface area contributed by atoms with E-state index >= 15 is 0 Å². The quantitative estimate of drug-likeness (QED) is 0.705. The standard InChI is InChI=1S/C15H14N4O3/c20-13(10-17-14(21)11-4-2-1-3-5-11)18-19-15(22)12-6-8-16-9-7-12/h1-9H,10H2,(H,17,21)(H,18,20)(H,19,22). The first-order valence-corrected chi connectivity index (χ1v) is 6.49. The number of hydrogen-bond acceptors (Lipinski definition) is 4. The molecule has 0 unspecified atom stereocenters. The van der Waals surface area contributed by atoms with E-state index in [2.05, 4.69) is 21.2 Å². The summed E-state index contributed by atoms with van der Waals surface area (Å²) in [4.78, 5) is 38.7. The minimum atomic E-state index is -0.535. The molecule has 22 heavy (non-hydrogen) atoms. The third-order valence-corrected chi connectivity index (χ3v) is 2.70. The number of rotatable bonds is 4. The minimum Gasteiger partial charge on any atom is -0.343 e. The molecule has 3 amide bonds. The van der Waals surface area contributed by atoms with E-state index in [4.69, 9.17) is 0 Å². The van der Waals surface area contributed by atoms with Gasteiger partial charge in [-0.05, 0) is 24.3 Å². The molecule has 112 valence electrons. The molecule has 1 heterocycles. The molecule has 0 saturated carbocycles. The summed E-state index contributed by atoms with van der Waals surface area (Å²) in [6, 6.07) is 11.5. The van der Waals surface area contributed by atoms with Gasteiger partial charge in [-0.1, -0.05) is 18.2 Å². The largest absolute Gasteiger partial charge is 0.343 e. The van der Waals surface area contributed by atoms with Crippen LogP contribution in [0.1, 0.15) is 20.7 Å². The summed E-state index contributed by atoms with van der Waals surface area (Å²) in [7, 11) is 0. The number of aromatic nitrogens is 1. The number of hydrogen-bond donors (Lipinski definition) is 3. The van der Waals surface area contributed by atoms with Crippen molar-refractivity contribution >= 4 is 17.7 Å². The Balaban J connectivity index is 1.74. The van der Waals surface area contributed by atoms with E-state index in [0.29, 0.717) is 11.1 Å². The lowest BCUT2D eigenvalue weighted by Gasteiger charge is -2.08. The molecule has 7 heteroatoms. The lowest BCUT2D eigenvalue weighted by Crippen LogP contribution is -2.46. The summed E-state index contributed by atoms with van der Waals surface area (Å²) >= 11 is 0. The second kappa shape index (κ2) is 7.53. The Kier molecular flexibility index (Phi) is 5.20. The zero-order valence-electron chi connectivity index (χ0n) is 11.6. The van der Waals surface area contributed by atoms with E-state index in [0.717, 1.165) is 0 Å². The molecule has 0 spiro atoms. The average molecular weight is 298 g/mol. The van der Waals surface area contributed by atoms with Gasteiger partial charge in [0.05, 0.1) is 6.54 Å². The number of hydrazine groups is 1. The third kappa shape index (κ3) is 4.41. The second-order valence-electron chi connectivity index (χ2n) is 4.29. The van der Waals surface area contributed by atoms with E-state index in [1.54, 1.807) is 30.3 Å². The minimum absolute atomic E-state index is 0.246. The van der Waals surface area contributed by atoms with Crippen LogP contribution in [-0.4, -0.2) is 29.3 Å². The molecule has 1 aromatic heterocycles. The van der Waals surface area contributed by atoms with Crippen LogP contribution in [0, 0.1) is 0 Å². The van der Waals surface area contributed by atoms with Gasteiger partial charge in [-0.2, -0.15) is 0 Å². The zero-order chi connectivity index (χ0) is 15.8. The number of nitrogens with zero attached hydrogens (tertiary/aromatic N) is 1. The molecular formula is C15H14N4O3. The van der Waals surface area contributed by atoms with Crippen LogP contribution in [0.5, 0.6) is 0 Å².